The number of nitrogens with one attached hydrogen (secondary N) is 2. The zero-order chi connectivity index (χ0) is 16.7. The van der Waals surface area contributed by atoms with Crippen molar-refractivity contribution in [1.29, 1.82) is 0 Å². The fourth-order valence-electron chi connectivity index (χ4n) is 1.95. The molecule has 0 aliphatic heterocycles. The fraction of sp³-hybridized carbons (Fsp3) is 0.250. The highest BCUT2D eigenvalue weighted by molar-refractivity contribution is 6.32. The first-order valence-corrected chi connectivity index (χ1v) is 7.92. The molecule has 0 unspecified atom stereocenters. The van der Waals surface area contributed by atoms with Crippen molar-refractivity contribution >= 4 is 34.9 Å². The number of nitrogens with zero attached hydrogens (tertiary/aromatic N) is 1. The van der Waals surface area contributed by atoms with Crippen molar-refractivity contribution in [3.05, 3.63) is 52.3 Å². The molecule has 0 aliphatic rings. The summed E-state index contributed by atoms with van der Waals surface area (Å²) in [6.45, 7) is 3.09. The maximum Gasteiger partial charge on any atom is 0.319 e. The zero-order valence-corrected chi connectivity index (χ0v) is 14.1. The van der Waals surface area contributed by atoms with Crippen molar-refractivity contribution in [2.75, 3.05) is 18.5 Å². The van der Waals surface area contributed by atoms with Crippen LogP contribution >= 0.6 is 23.2 Å². The molecule has 0 saturated carbocycles. The lowest BCUT2D eigenvalue weighted by Crippen LogP contribution is -2.30. The van der Waals surface area contributed by atoms with Gasteiger partial charge in [0.25, 0.3) is 0 Å². The number of hydrogen-bond donors (Lipinski definition) is 2. The summed E-state index contributed by atoms with van der Waals surface area (Å²) in [4.78, 5) is 15.6. The number of ether oxygens (including phenoxy) is 1. The predicted molar refractivity (Wildman–Crippen MR) is 92.6 cm³/mol. The molecule has 0 atom stereocenters. The van der Waals surface area contributed by atoms with Gasteiger partial charge in [-0.15, -0.1) is 0 Å². The van der Waals surface area contributed by atoms with Crippen LogP contribution in [0, 0.1) is 0 Å². The minimum Gasteiger partial charge on any atom is -0.494 e. The highest BCUT2D eigenvalue weighted by Gasteiger charge is 2.04. The van der Waals surface area contributed by atoms with Crippen molar-refractivity contribution in [1.82, 2.24) is 10.3 Å². The lowest BCUT2D eigenvalue weighted by Gasteiger charge is -2.09. The first-order chi connectivity index (χ1) is 11.1. The quantitative estimate of drug-likeness (QED) is 0.766. The van der Waals surface area contributed by atoms with E-state index in [2.05, 4.69) is 15.6 Å². The Balaban J connectivity index is 1.78. The van der Waals surface area contributed by atoms with Gasteiger partial charge in [0.1, 0.15) is 16.1 Å². The Hall–Kier alpha value is -1.98. The summed E-state index contributed by atoms with van der Waals surface area (Å²) in [5.74, 6) is 0.841. The molecule has 0 spiro atoms. The van der Waals surface area contributed by atoms with Gasteiger partial charge < -0.3 is 15.4 Å². The third-order valence-corrected chi connectivity index (χ3v) is 3.34. The molecule has 1 aromatic heterocycles. The Morgan fingerprint density at radius 3 is 2.43 bits per heavy atom. The van der Waals surface area contributed by atoms with Crippen LogP contribution < -0.4 is 15.4 Å². The number of rotatable bonds is 6. The molecule has 0 fully saturated rings. The number of pyridine rings is 1. The number of hydrogen-bond acceptors (Lipinski definition) is 3. The number of anilines is 1. The van der Waals surface area contributed by atoms with Crippen molar-refractivity contribution in [2.24, 2.45) is 0 Å². The topological polar surface area (TPSA) is 63.2 Å². The van der Waals surface area contributed by atoms with E-state index in [1.807, 2.05) is 31.2 Å². The molecule has 0 radical (unpaired) electrons. The Morgan fingerprint density at radius 2 is 1.83 bits per heavy atom. The molecule has 0 saturated heterocycles. The average molecular weight is 354 g/mol. The van der Waals surface area contributed by atoms with E-state index in [0.717, 1.165) is 17.7 Å². The SMILES string of the molecule is CCOc1ccc(CCNC(=O)Nc2cc(Cl)nc(Cl)c2)cc1. The lowest BCUT2D eigenvalue weighted by atomic mass is 10.1. The second-order valence-electron chi connectivity index (χ2n) is 4.71. The molecule has 2 rings (SSSR count). The van der Waals surface area contributed by atoms with E-state index in [1.54, 1.807) is 0 Å². The van der Waals surface area contributed by atoms with Crippen molar-refractivity contribution in [3.63, 3.8) is 0 Å². The zero-order valence-electron chi connectivity index (χ0n) is 12.6. The predicted octanol–water partition coefficient (Wildman–Crippen LogP) is 4.15. The van der Waals surface area contributed by atoms with E-state index in [1.165, 1.54) is 12.1 Å². The van der Waals surface area contributed by atoms with Gasteiger partial charge >= 0.3 is 6.03 Å². The number of benzene rings is 1. The van der Waals surface area contributed by atoms with Gasteiger partial charge in [-0.05, 0) is 43.2 Å². The highest BCUT2D eigenvalue weighted by Crippen LogP contribution is 2.18. The molecule has 2 aromatic rings. The first kappa shape index (κ1) is 17.4. The largest absolute Gasteiger partial charge is 0.494 e. The molecule has 0 bridgehead atoms. The average Bonchev–Trinajstić information content (AvgIpc) is 2.48. The molecule has 7 heteroatoms. The van der Waals surface area contributed by atoms with Crippen molar-refractivity contribution < 1.29 is 9.53 Å². The number of carbonyl (C=O) groups excluding carboxylic acids is 1. The van der Waals surface area contributed by atoms with Crippen LogP contribution in [0.15, 0.2) is 36.4 Å². The minimum absolute atomic E-state index is 0.224. The van der Waals surface area contributed by atoms with Crippen LogP contribution in [0.5, 0.6) is 5.75 Å². The molecule has 122 valence electrons. The molecular weight excluding hydrogens is 337 g/mol. The maximum absolute atomic E-state index is 11.8. The number of carbonyl (C=O) groups is 1. The van der Waals surface area contributed by atoms with Gasteiger partial charge in [0.2, 0.25) is 0 Å². The first-order valence-electron chi connectivity index (χ1n) is 7.16. The summed E-state index contributed by atoms with van der Waals surface area (Å²) >= 11 is 11.6. The van der Waals surface area contributed by atoms with E-state index in [4.69, 9.17) is 27.9 Å². The van der Waals surface area contributed by atoms with E-state index in [-0.39, 0.29) is 16.3 Å². The Kier molecular flexibility index (Phi) is 6.50. The van der Waals surface area contributed by atoms with Crippen LogP contribution in [-0.2, 0) is 6.42 Å². The second kappa shape index (κ2) is 8.60. The second-order valence-corrected chi connectivity index (χ2v) is 5.48. The number of urea groups is 1. The maximum atomic E-state index is 11.8. The monoisotopic (exact) mass is 353 g/mol. The third-order valence-electron chi connectivity index (χ3n) is 2.95. The molecule has 5 nitrogen and oxygen atoms in total. The molecule has 2 N–H and O–H groups in total. The van der Waals surface area contributed by atoms with Gasteiger partial charge in [0, 0.05) is 12.2 Å². The summed E-state index contributed by atoms with van der Waals surface area (Å²) in [6.07, 6.45) is 0.720. The number of halogens is 2. The Bertz CT molecular complexity index is 643. The molecule has 1 heterocycles. The third kappa shape index (κ3) is 5.96. The molecular formula is C16H17Cl2N3O2. The van der Waals surface area contributed by atoms with Crippen molar-refractivity contribution in [3.8, 4) is 5.75 Å². The normalized spacial score (nSPS) is 10.2. The van der Waals surface area contributed by atoms with Gasteiger partial charge in [-0.3, -0.25) is 0 Å². The van der Waals surface area contributed by atoms with Gasteiger partial charge in [0.15, 0.2) is 0 Å². The van der Waals surface area contributed by atoms with Crippen LogP contribution in [0.1, 0.15) is 12.5 Å². The van der Waals surface area contributed by atoms with Gasteiger partial charge in [0.05, 0.1) is 6.61 Å². The van der Waals surface area contributed by atoms with E-state index < -0.39 is 0 Å². The molecule has 0 aliphatic carbocycles. The summed E-state index contributed by atoms with van der Waals surface area (Å²) in [7, 11) is 0. The highest BCUT2D eigenvalue weighted by atomic mass is 35.5. The number of aromatic nitrogens is 1. The summed E-state index contributed by atoms with van der Waals surface area (Å²) < 4.78 is 5.38. The lowest BCUT2D eigenvalue weighted by molar-refractivity contribution is 0.252. The van der Waals surface area contributed by atoms with E-state index in [9.17, 15) is 4.79 Å². The van der Waals surface area contributed by atoms with Crippen LogP contribution in [-0.4, -0.2) is 24.2 Å². The van der Waals surface area contributed by atoms with E-state index in [0.29, 0.717) is 18.8 Å². The van der Waals surface area contributed by atoms with Crippen molar-refractivity contribution in [2.45, 2.75) is 13.3 Å². The minimum atomic E-state index is -0.325. The Morgan fingerprint density at radius 1 is 1.17 bits per heavy atom. The number of amides is 2. The van der Waals surface area contributed by atoms with Crippen LogP contribution in [0.3, 0.4) is 0 Å². The standard InChI is InChI=1S/C16H17Cl2N3O2/c1-2-23-13-5-3-11(4-6-13)7-8-19-16(22)20-12-9-14(17)21-15(18)10-12/h3-6,9-10H,2,7-8H2,1H3,(H2,19,20,21,22). The smallest absolute Gasteiger partial charge is 0.319 e. The van der Waals surface area contributed by atoms with Crippen LogP contribution in [0.25, 0.3) is 0 Å². The van der Waals surface area contributed by atoms with Gasteiger partial charge in [-0.2, -0.15) is 0 Å². The van der Waals surface area contributed by atoms with Gasteiger partial charge in [-0.1, -0.05) is 35.3 Å². The Labute approximate surface area is 145 Å². The van der Waals surface area contributed by atoms with E-state index >= 15 is 0 Å². The summed E-state index contributed by atoms with van der Waals surface area (Å²) in [6, 6.07) is 10.5. The molecule has 2 amide bonds. The molecule has 1 aromatic carbocycles. The van der Waals surface area contributed by atoms with Gasteiger partial charge in [-0.25, -0.2) is 9.78 Å². The van der Waals surface area contributed by atoms with Crippen LogP contribution in [0.2, 0.25) is 10.3 Å². The summed E-state index contributed by atoms with van der Waals surface area (Å²) in [5, 5.41) is 5.88. The summed E-state index contributed by atoms with van der Waals surface area (Å²) in [5.41, 5.74) is 1.61. The molecule has 23 heavy (non-hydrogen) atoms. The van der Waals surface area contributed by atoms with Crippen LogP contribution in [0.4, 0.5) is 10.5 Å². The fourth-order valence-corrected chi connectivity index (χ4v) is 2.41.